The molecule has 2 aromatic carbocycles. The standard InChI is InChI=1S/C25H34O3/c1-5-11-18-15-9-10-16-19(18)23-17-24(28-25(26)27)22(14-8-4)20(12-6-2)21(23)13-7-3/h9-10,15-17H,5-8,11-14H2,1-4H3,(H,26,27). The van der Waals surface area contributed by atoms with Crippen molar-refractivity contribution >= 4 is 6.16 Å². The molecule has 2 aromatic rings. The van der Waals surface area contributed by atoms with E-state index in [1.807, 2.05) is 6.07 Å². The number of carbonyl (C=O) groups is 1. The Morgan fingerprint density at radius 1 is 0.786 bits per heavy atom. The molecule has 0 saturated heterocycles. The van der Waals surface area contributed by atoms with Crippen LogP contribution in [-0.4, -0.2) is 11.3 Å². The molecule has 1 N–H and O–H groups in total. The van der Waals surface area contributed by atoms with Gasteiger partial charge in [0.25, 0.3) is 0 Å². The van der Waals surface area contributed by atoms with E-state index in [1.54, 1.807) is 0 Å². The first-order valence-electron chi connectivity index (χ1n) is 10.7. The number of benzene rings is 2. The molecule has 0 fully saturated rings. The number of ether oxygens (including phenoxy) is 1. The molecule has 3 heteroatoms. The average molecular weight is 383 g/mol. The molecule has 0 spiro atoms. The summed E-state index contributed by atoms with van der Waals surface area (Å²) in [7, 11) is 0. The summed E-state index contributed by atoms with van der Waals surface area (Å²) in [4.78, 5) is 11.4. The van der Waals surface area contributed by atoms with Crippen LogP contribution in [0, 0.1) is 0 Å². The predicted octanol–water partition coefficient (Wildman–Crippen LogP) is 7.22. The first kappa shape index (κ1) is 22.0. The maximum absolute atomic E-state index is 11.4. The molecule has 152 valence electrons. The van der Waals surface area contributed by atoms with Crippen LogP contribution in [-0.2, 0) is 25.7 Å². The molecule has 0 radical (unpaired) electrons. The second-order valence-corrected chi connectivity index (χ2v) is 7.38. The summed E-state index contributed by atoms with van der Waals surface area (Å²) < 4.78 is 5.30. The molecule has 0 aromatic heterocycles. The Labute approximate surface area is 169 Å². The molecule has 0 aliphatic carbocycles. The van der Waals surface area contributed by atoms with Gasteiger partial charge in [0.1, 0.15) is 5.75 Å². The summed E-state index contributed by atoms with van der Waals surface area (Å²) in [5, 5.41) is 9.33. The Bertz CT molecular complexity index is 793. The van der Waals surface area contributed by atoms with Crippen molar-refractivity contribution in [2.24, 2.45) is 0 Å². The maximum atomic E-state index is 11.4. The van der Waals surface area contributed by atoms with Gasteiger partial charge in [0.05, 0.1) is 0 Å². The lowest BCUT2D eigenvalue weighted by atomic mass is 9.84. The average Bonchev–Trinajstić information content (AvgIpc) is 2.67. The van der Waals surface area contributed by atoms with Gasteiger partial charge in [-0.15, -0.1) is 0 Å². The van der Waals surface area contributed by atoms with Crippen molar-refractivity contribution in [1.29, 1.82) is 0 Å². The SMILES string of the molecule is CCCc1ccccc1-c1cc(OC(=O)O)c(CCC)c(CCC)c1CCC. The summed E-state index contributed by atoms with van der Waals surface area (Å²) in [6.07, 6.45) is 6.68. The highest BCUT2D eigenvalue weighted by Gasteiger charge is 2.21. The molecule has 0 heterocycles. The zero-order valence-corrected chi connectivity index (χ0v) is 17.8. The number of rotatable bonds is 10. The highest BCUT2D eigenvalue weighted by molar-refractivity contribution is 5.76. The van der Waals surface area contributed by atoms with Crippen molar-refractivity contribution in [3.8, 4) is 16.9 Å². The van der Waals surface area contributed by atoms with Gasteiger partial charge in [-0.05, 0) is 65.1 Å². The van der Waals surface area contributed by atoms with E-state index in [1.165, 1.54) is 22.3 Å². The van der Waals surface area contributed by atoms with Crippen molar-refractivity contribution in [2.75, 3.05) is 0 Å². The van der Waals surface area contributed by atoms with Gasteiger partial charge < -0.3 is 9.84 Å². The van der Waals surface area contributed by atoms with Crippen molar-refractivity contribution in [3.63, 3.8) is 0 Å². The minimum atomic E-state index is -1.24. The van der Waals surface area contributed by atoms with E-state index in [-0.39, 0.29) is 0 Å². The number of aryl methyl sites for hydroxylation is 1. The third-order valence-electron chi connectivity index (χ3n) is 5.15. The quantitative estimate of drug-likeness (QED) is 0.348. The van der Waals surface area contributed by atoms with E-state index in [4.69, 9.17) is 4.74 Å². The highest BCUT2D eigenvalue weighted by atomic mass is 16.7. The summed E-state index contributed by atoms with van der Waals surface area (Å²) >= 11 is 0. The van der Waals surface area contributed by atoms with Crippen LogP contribution in [0.2, 0.25) is 0 Å². The van der Waals surface area contributed by atoms with Gasteiger partial charge in [-0.3, -0.25) is 0 Å². The minimum Gasteiger partial charge on any atom is -0.449 e. The molecule has 0 unspecified atom stereocenters. The fourth-order valence-corrected chi connectivity index (χ4v) is 4.11. The molecule has 0 aliphatic rings. The van der Waals surface area contributed by atoms with Gasteiger partial charge >= 0.3 is 6.16 Å². The van der Waals surface area contributed by atoms with Crippen LogP contribution < -0.4 is 4.74 Å². The third kappa shape index (κ3) is 5.15. The molecule has 0 saturated carbocycles. The summed E-state index contributed by atoms with van der Waals surface area (Å²) in [5.41, 5.74) is 7.41. The number of carboxylic acid groups (broad SMARTS) is 1. The molecular weight excluding hydrogens is 348 g/mol. The minimum absolute atomic E-state index is 0.513. The van der Waals surface area contributed by atoms with Crippen molar-refractivity contribution < 1.29 is 14.6 Å². The lowest BCUT2D eigenvalue weighted by molar-refractivity contribution is 0.144. The van der Waals surface area contributed by atoms with Gasteiger partial charge in [0, 0.05) is 0 Å². The predicted molar refractivity (Wildman–Crippen MR) is 117 cm³/mol. The van der Waals surface area contributed by atoms with Gasteiger partial charge in [0.2, 0.25) is 0 Å². The van der Waals surface area contributed by atoms with Crippen LogP contribution in [0.25, 0.3) is 11.1 Å². The Kier molecular flexibility index (Phi) is 8.56. The molecule has 2 rings (SSSR count). The van der Waals surface area contributed by atoms with E-state index >= 15 is 0 Å². The summed E-state index contributed by atoms with van der Waals surface area (Å²) in [6, 6.07) is 10.5. The molecule has 0 atom stereocenters. The fraction of sp³-hybridized carbons (Fsp3) is 0.480. The second-order valence-electron chi connectivity index (χ2n) is 7.38. The maximum Gasteiger partial charge on any atom is 0.511 e. The smallest absolute Gasteiger partial charge is 0.449 e. The fourth-order valence-electron chi connectivity index (χ4n) is 4.11. The molecule has 0 aliphatic heterocycles. The van der Waals surface area contributed by atoms with Crippen LogP contribution in [0.1, 0.15) is 75.6 Å². The first-order chi connectivity index (χ1) is 13.6. The van der Waals surface area contributed by atoms with Gasteiger partial charge in [-0.25, -0.2) is 4.79 Å². The molecule has 3 nitrogen and oxygen atoms in total. The van der Waals surface area contributed by atoms with Crippen LogP contribution in [0.3, 0.4) is 0 Å². The van der Waals surface area contributed by atoms with E-state index in [0.29, 0.717) is 5.75 Å². The zero-order valence-electron chi connectivity index (χ0n) is 17.8. The van der Waals surface area contributed by atoms with E-state index < -0.39 is 6.16 Å². The summed E-state index contributed by atoms with van der Waals surface area (Å²) in [5.74, 6) is 0.513. The lowest BCUT2D eigenvalue weighted by Gasteiger charge is -2.23. The van der Waals surface area contributed by atoms with Crippen LogP contribution >= 0.6 is 0 Å². The zero-order chi connectivity index (χ0) is 20.5. The largest absolute Gasteiger partial charge is 0.511 e. The van der Waals surface area contributed by atoms with Crippen molar-refractivity contribution in [2.45, 2.75) is 79.1 Å². The lowest BCUT2D eigenvalue weighted by Crippen LogP contribution is -2.11. The van der Waals surface area contributed by atoms with E-state index in [0.717, 1.165) is 62.5 Å². The molecule has 0 bridgehead atoms. The van der Waals surface area contributed by atoms with Gasteiger partial charge in [-0.2, -0.15) is 0 Å². The van der Waals surface area contributed by atoms with Gasteiger partial charge in [0.15, 0.2) is 0 Å². The Balaban J connectivity index is 2.82. The molecular formula is C25H34O3. The van der Waals surface area contributed by atoms with Crippen LogP contribution in [0.5, 0.6) is 5.75 Å². The van der Waals surface area contributed by atoms with Crippen molar-refractivity contribution in [1.82, 2.24) is 0 Å². The summed E-state index contributed by atoms with van der Waals surface area (Å²) in [6.45, 7) is 8.71. The third-order valence-corrected chi connectivity index (χ3v) is 5.15. The molecule has 28 heavy (non-hydrogen) atoms. The van der Waals surface area contributed by atoms with Crippen LogP contribution in [0.4, 0.5) is 4.79 Å². The van der Waals surface area contributed by atoms with E-state index in [9.17, 15) is 9.90 Å². The second kappa shape index (κ2) is 10.9. The number of hydrogen-bond donors (Lipinski definition) is 1. The number of hydrogen-bond acceptors (Lipinski definition) is 2. The van der Waals surface area contributed by atoms with Crippen molar-refractivity contribution in [3.05, 3.63) is 52.6 Å². The topological polar surface area (TPSA) is 46.5 Å². The first-order valence-corrected chi connectivity index (χ1v) is 10.7. The van der Waals surface area contributed by atoms with Crippen LogP contribution in [0.15, 0.2) is 30.3 Å². The molecule has 0 amide bonds. The Hall–Kier alpha value is -2.29. The Morgan fingerprint density at radius 3 is 1.96 bits per heavy atom. The highest BCUT2D eigenvalue weighted by Crippen LogP contribution is 2.39. The Morgan fingerprint density at radius 2 is 1.36 bits per heavy atom. The normalized spacial score (nSPS) is 10.9. The monoisotopic (exact) mass is 382 g/mol. The van der Waals surface area contributed by atoms with E-state index in [2.05, 4.69) is 52.0 Å². The van der Waals surface area contributed by atoms with Gasteiger partial charge in [-0.1, -0.05) is 77.6 Å².